The highest BCUT2D eigenvalue weighted by molar-refractivity contribution is 5.95. The lowest BCUT2D eigenvalue weighted by atomic mass is 10.0. The number of hydrogen-bond acceptors (Lipinski definition) is 1. The molecule has 0 saturated heterocycles. The van der Waals surface area contributed by atoms with E-state index in [4.69, 9.17) is 0 Å². The molecule has 0 amide bonds. The van der Waals surface area contributed by atoms with Crippen LogP contribution in [0.3, 0.4) is 0 Å². The molecule has 1 aromatic heterocycles. The van der Waals surface area contributed by atoms with Gasteiger partial charge in [0, 0.05) is 17.8 Å². The monoisotopic (exact) mass is 237 g/mol. The van der Waals surface area contributed by atoms with Crippen LogP contribution in [0.1, 0.15) is 11.1 Å². The van der Waals surface area contributed by atoms with E-state index in [9.17, 15) is 4.79 Å². The van der Waals surface area contributed by atoms with Gasteiger partial charge >= 0.3 is 0 Å². The van der Waals surface area contributed by atoms with Gasteiger partial charge in [-0.3, -0.25) is 4.79 Å². The quantitative estimate of drug-likeness (QED) is 0.550. The van der Waals surface area contributed by atoms with Crippen molar-refractivity contribution < 1.29 is 0 Å². The maximum atomic E-state index is 12.5. The smallest absolute Gasteiger partial charge is 0.197 e. The molecule has 0 N–H and O–H groups in total. The van der Waals surface area contributed by atoms with E-state index in [0.29, 0.717) is 0 Å². The van der Waals surface area contributed by atoms with Crippen molar-refractivity contribution in [3.05, 3.63) is 57.7 Å². The normalized spacial score (nSPS) is 11.3. The van der Waals surface area contributed by atoms with Gasteiger partial charge in [0.1, 0.15) is 0 Å². The van der Waals surface area contributed by atoms with Crippen LogP contribution in [0.5, 0.6) is 0 Å². The second-order valence-corrected chi connectivity index (χ2v) is 4.81. The lowest BCUT2D eigenvalue weighted by molar-refractivity contribution is 0.994. The Balaban J connectivity index is 2.72. The van der Waals surface area contributed by atoms with Crippen LogP contribution in [0.25, 0.3) is 21.8 Å². The number of hydrogen-bond donors (Lipinski definition) is 0. The van der Waals surface area contributed by atoms with Crippen molar-refractivity contribution in [1.82, 2.24) is 4.57 Å². The molecule has 0 spiro atoms. The number of nitrogens with zero attached hydrogens (tertiary/aromatic N) is 1. The largest absolute Gasteiger partial charge is 0.343 e. The second-order valence-electron chi connectivity index (χ2n) is 4.81. The average Bonchev–Trinajstić information content (AvgIpc) is 2.39. The summed E-state index contributed by atoms with van der Waals surface area (Å²) in [7, 11) is 2.02. The zero-order chi connectivity index (χ0) is 12.9. The average molecular weight is 237 g/mol. The van der Waals surface area contributed by atoms with Gasteiger partial charge in [-0.25, -0.2) is 0 Å². The molecule has 1 heterocycles. The summed E-state index contributed by atoms with van der Waals surface area (Å²) in [6, 6.07) is 11.7. The highest BCUT2D eigenvalue weighted by Gasteiger charge is 2.10. The van der Waals surface area contributed by atoms with Crippen LogP contribution in [-0.2, 0) is 7.05 Å². The predicted octanol–water partition coefficient (Wildman–Crippen LogP) is 3.31. The Morgan fingerprint density at radius 3 is 2.44 bits per heavy atom. The molecule has 0 saturated carbocycles. The minimum absolute atomic E-state index is 0.127. The van der Waals surface area contributed by atoms with Gasteiger partial charge in [-0.05, 0) is 43.2 Å². The van der Waals surface area contributed by atoms with Gasteiger partial charge in [-0.15, -0.1) is 0 Å². The molecule has 0 bridgehead atoms. The summed E-state index contributed by atoms with van der Waals surface area (Å²) in [6.45, 7) is 4.15. The van der Waals surface area contributed by atoms with Crippen molar-refractivity contribution in [2.75, 3.05) is 0 Å². The predicted molar refractivity (Wildman–Crippen MR) is 76.2 cm³/mol. The van der Waals surface area contributed by atoms with Crippen molar-refractivity contribution in [2.24, 2.45) is 7.05 Å². The van der Waals surface area contributed by atoms with Crippen molar-refractivity contribution >= 4 is 21.8 Å². The third-order valence-electron chi connectivity index (χ3n) is 3.79. The molecule has 0 aliphatic rings. The molecule has 3 rings (SSSR count). The number of rotatable bonds is 0. The molecule has 0 atom stereocenters. The molecular weight excluding hydrogens is 222 g/mol. The highest BCUT2D eigenvalue weighted by Crippen LogP contribution is 2.22. The first-order valence-electron chi connectivity index (χ1n) is 6.09. The maximum absolute atomic E-state index is 12.5. The Morgan fingerprint density at radius 2 is 1.67 bits per heavy atom. The molecule has 2 nitrogen and oxygen atoms in total. The van der Waals surface area contributed by atoms with Gasteiger partial charge in [0.15, 0.2) is 5.43 Å². The number of aromatic nitrogens is 1. The van der Waals surface area contributed by atoms with E-state index >= 15 is 0 Å². The van der Waals surface area contributed by atoms with Crippen molar-refractivity contribution in [3.8, 4) is 0 Å². The summed E-state index contributed by atoms with van der Waals surface area (Å²) in [5.74, 6) is 0. The molecule has 90 valence electrons. The molecule has 3 aromatic rings. The second kappa shape index (κ2) is 3.70. The van der Waals surface area contributed by atoms with E-state index in [1.807, 2.05) is 43.4 Å². The van der Waals surface area contributed by atoms with Gasteiger partial charge in [-0.2, -0.15) is 0 Å². The first kappa shape index (κ1) is 11.0. The summed E-state index contributed by atoms with van der Waals surface area (Å²) >= 11 is 0. The molecule has 2 heteroatoms. The van der Waals surface area contributed by atoms with Gasteiger partial charge in [0.05, 0.1) is 11.0 Å². The van der Waals surface area contributed by atoms with Crippen molar-refractivity contribution in [3.63, 3.8) is 0 Å². The molecule has 0 fully saturated rings. The van der Waals surface area contributed by atoms with Gasteiger partial charge in [0.25, 0.3) is 0 Å². The Bertz CT molecular complexity index is 828. The molecule has 0 radical (unpaired) electrons. The van der Waals surface area contributed by atoms with E-state index in [-0.39, 0.29) is 5.43 Å². The fourth-order valence-electron chi connectivity index (χ4n) is 2.64. The molecule has 0 aliphatic heterocycles. The zero-order valence-corrected chi connectivity index (χ0v) is 10.8. The van der Waals surface area contributed by atoms with Crippen LogP contribution in [0, 0.1) is 13.8 Å². The topological polar surface area (TPSA) is 22.0 Å². The number of fused-ring (bicyclic) bond motifs is 2. The summed E-state index contributed by atoms with van der Waals surface area (Å²) < 4.78 is 2.12. The minimum Gasteiger partial charge on any atom is -0.343 e. The van der Waals surface area contributed by atoms with Crippen molar-refractivity contribution in [1.29, 1.82) is 0 Å². The zero-order valence-electron chi connectivity index (χ0n) is 10.8. The lowest BCUT2D eigenvalue weighted by Gasteiger charge is -2.13. The third-order valence-corrected chi connectivity index (χ3v) is 3.79. The van der Waals surface area contributed by atoms with Crippen molar-refractivity contribution in [2.45, 2.75) is 13.8 Å². The fourth-order valence-corrected chi connectivity index (χ4v) is 2.64. The maximum Gasteiger partial charge on any atom is 0.197 e. The standard InChI is InChI=1S/C16H15NO/c1-10-8-9-13-15(11(10)2)17(3)14-7-5-4-6-12(14)16(13)18/h4-9H,1-3H3. The first-order valence-corrected chi connectivity index (χ1v) is 6.09. The number of pyridine rings is 1. The van der Waals surface area contributed by atoms with Crippen LogP contribution in [0.15, 0.2) is 41.2 Å². The summed E-state index contributed by atoms with van der Waals surface area (Å²) in [6.07, 6.45) is 0. The summed E-state index contributed by atoms with van der Waals surface area (Å²) in [4.78, 5) is 12.5. The van der Waals surface area contributed by atoms with E-state index in [1.54, 1.807) is 0 Å². The highest BCUT2D eigenvalue weighted by atomic mass is 16.1. The molecule has 2 aromatic carbocycles. The molecule has 18 heavy (non-hydrogen) atoms. The number of para-hydroxylation sites is 1. The fraction of sp³-hybridized carbons (Fsp3) is 0.188. The Hall–Kier alpha value is -2.09. The van der Waals surface area contributed by atoms with Crippen LogP contribution in [-0.4, -0.2) is 4.57 Å². The van der Waals surface area contributed by atoms with E-state index in [1.165, 1.54) is 11.1 Å². The lowest BCUT2D eigenvalue weighted by Crippen LogP contribution is -2.10. The van der Waals surface area contributed by atoms with Crippen LogP contribution in [0.2, 0.25) is 0 Å². The molecule has 0 unspecified atom stereocenters. The summed E-state index contributed by atoms with van der Waals surface area (Å²) in [5, 5.41) is 1.59. The third kappa shape index (κ3) is 1.32. The van der Waals surface area contributed by atoms with Gasteiger partial charge in [-0.1, -0.05) is 18.2 Å². The van der Waals surface area contributed by atoms with Gasteiger partial charge in [0.2, 0.25) is 0 Å². The molecule has 0 aliphatic carbocycles. The Morgan fingerprint density at radius 1 is 0.944 bits per heavy atom. The van der Waals surface area contributed by atoms with E-state index in [0.717, 1.165) is 21.8 Å². The SMILES string of the molecule is Cc1ccc2c(=O)c3ccccc3n(C)c2c1C. The molecular formula is C16H15NO. The Kier molecular flexibility index (Phi) is 2.27. The van der Waals surface area contributed by atoms with Gasteiger partial charge < -0.3 is 4.57 Å². The first-order chi connectivity index (χ1) is 8.61. The summed E-state index contributed by atoms with van der Waals surface area (Å²) in [5.41, 5.74) is 4.55. The minimum atomic E-state index is 0.127. The van der Waals surface area contributed by atoms with E-state index < -0.39 is 0 Å². The van der Waals surface area contributed by atoms with Crippen LogP contribution < -0.4 is 5.43 Å². The van der Waals surface area contributed by atoms with Crippen LogP contribution in [0.4, 0.5) is 0 Å². The number of benzene rings is 2. The Labute approximate surface area is 105 Å². The van der Waals surface area contributed by atoms with Crippen LogP contribution >= 0.6 is 0 Å². The number of aryl methyl sites for hydroxylation is 3. The van der Waals surface area contributed by atoms with E-state index in [2.05, 4.69) is 18.4 Å².